The first-order chi connectivity index (χ1) is 9.97. The van der Waals surface area contributed by atoms with Gasteiger partial charge in [0.1, 0.15) is 0 Å². The van der Waals surface area contributed by atoms with Gasteiger partial charge in [0.15, 0.2) is 0 Å². The van der Waals surface area contributed by atoms with Crippen molar-refractivity contribution in [3.63, 3.8) is 0 Å². The molecule has 0 fully saturated rings. The normalized spacial score (nSPS) is 14.5. The largest absolute Gasteiger partial charge is 0.274 e. The number of aryl methyl sites for hydroxylation is 1. The summed E-state index contributed by atoms with van der Waals surface area (Å²) in [6.07, 6.45) is 4.06. The smallest absolute Gasteiger partial charge is 0.260 e. The Morgan fingerprint density at radius 2 is 1.86 bits per heavy atom. The standard InChI is InChI=1S/C16H21NO3S/c1-3-12(4-2)16(18)17-21(19,20)15-10-9-13-7-5-6-8-14(13)11-15/h5-8,11-12H,3-4,9-10H2,1-2H3,(H,17,18). The summed E-state index contributed by atoms with van der Waals surface area (Å²) in [5.41, 5.74) is 2.06. The zero-order valence-corrected chi connectivity index (χ0v) is 13.2. The summed E-state index contributed by atoms with van der Waals surface area (Å²) in [4.78, 5) is 12.3. The van der Waals surface area contributed by atoms with Gasteiger partial charge in [0.25, 0.3) is 10.0 Å². The van der Waals surface area contributed by atoms with Crippen LogP contribution in [0.4, 0.5) is 0 Å². The number of allylic oxidation sites excluding steroid dienone is 1. The number of nitrogens with one attached hydrogen (secondary N) is 1. The van der Waals surface area contributed by atoms with E-state index in [4.69, 9.17) is 0 Å². The second-order valence-corrected chi connectivity index (χ2v) is 7.03. The molecular formula is C16H21NO3S. The molecule has 0 unspecified atom stereocenters. The molecular weight excluding hydrogens is 286 g/mol. The van der Waals surface area contributed by atoms with Crippen molar-refractivity contribution in [2.24, 2.45) is 5.92 Å². The van der Waals surface area contributed by atoms with Crippen molar-refractivity contribution in [2.75, 3.05) is 0 Å². The van der Waals surface area contributed by atoms with Crippen molar-refractivity contribution >= 4 is 22.0 Å². The van der Waals surface area contributed by atoms with Crippen LogP contribution in [0.25, 0.3) is 6.08 Å². The van der Waals surface area contributed by atoms with Gasteiger partial charge in [-0.05, 0) is 42.9 Å². The SMILES string of the molecule is CCC(CC)C(=O)NS(=O)(=O)C1=Cc2ccccc2CC1. The Kier molecular flexibility index (Phi) is 4.83. The van der Waals surface area contributed by atoms with Gasteiger partial charge in [-0.3, -0.25) is 4.79 Å². The average molecular weight is 307 g/mol. The summed E-state index contributed by atoms with van der Waals surface area (Å²) < 4.78 is 26.9. The number of benzene rings is 1. The van der Waals surface area contributed by atoms with E-state index in [0.29, 0.717) is 30.6 Å². The van der Waals surface area contributed by atoms with Gasteiger partial charge in [-0.25, -0.2) is 13.1 Å². The predicted octanol–water partition coefficient (Wildman–Crippen LogP) is 2.86. The molecule has 0 spiro atoms. The van der Waals surface area contributed by atoms with Crippen LogP contribution < -0.4 is 4.72 Å². The maximum atomic E-state index is 12.3. The van der Waals surface area contributed by atoms with Crippen LogP contribution in [0.1, 0.15) is 44.2 Å². The fourth-order valence-electron chi connectivity index (χ4n) is 2.56. The van der Waals surface area contributed by atoms with Gasteiger partial charge in [-0.1, -0.05) is 38.1 Å². The van der Waals surface area contributed by atoms with E-state index in [0.717, 1.165) is 11.1 Å². The molecule has 0 bridgehead atoms. The summed E-state index contributed by atoms with van der Waals surface area (Å²) in [7, 11) is -3.73. The van der Waals surface area contributed by atoms with Crippen molar-refractivity contribution in [3.8, 4) is 0 Å². The molecule has 0 radical (unpaired) electrons. The summed E-state index contributed by atoms with van der Waals surface area (Å²) in [6, 6.07) is 7.72. The van der Waals surface area contributed by atoms with Crippen molar-refractivity contribution < 1.29 is 13.2 Å². The van der Waals surface area contributed by atoms with Crippen molar-refractivity contribution in [2.45, 2.75) is 39.5 Å². The summed E-state index contributed by atoms with van der Waals surface area (Å²) in [5.74, 6) is -0.656. The van der Waals surface area contributed by atoms with Crippen LogP contribution in [-0.2, 0) is 21.2 Å². The minimum Gasteiger partial charge on any atom is -0.274 e. The monoisotopic (exact) mass is 307 g/mol. The summed E-state index contributed by atoms with van der Waals surface area (Å²) >= 11 is 0. The molecule has 1 amide bonds. The van der Waals surface area contributed by atoms with Gasteiger partial charge < -0.3 is 0 Å². The highest BCUT2D eigenvalue weighted by atomic mass is 32.2. The van der Waals surface area contributed by atoms with Gasteiger partial charge in [-0.15, -0.1) is 0 Å². The Morgan fingerprint density at radius 3 is 2.52 bits per heavy atom. The lowest BCUT2D eigenvalue weighted by molar-refractivity contribution is -0.123. The lowest BCUT2D eigenvalue weighted by Gasteiger charge is -2.18. The molecule has 2 rings (SSSR count). The third-order valence-corrected chi connectivity index (χ3v) is 5.43. The van der Waals surface area contributed by atoms with E-state index in [2.05, 4.69) is 4.72 Å². The first kappa shape index (κ1) is 15.8. The molecule has 1 aliphatic rings. The van der Waals surface area contributed by atoms with E-state index in [9.17, 15) is 13.2 Å². The van der Waals surface area contributed by atoms with Crippen LogP contribution in [0.3, 0.4) is 0 Å². The zero-order chi connectivity index (χ0) is 15.5. The highest BCUT2D eigenvalue weighted by molar-refractivity contribution is 7.94. The van der Waals surface area contributed by atoms with Crippen LogP contribution in [0.2, 0.25) is 0 Å². The number of sulfonamides is 1. The van der Waals surface area contributed by atoms with E-state index in [1.54, 1.807) is 6.08 Å². The molecule has 1 aliphatic carbocycles. The van der Waals surface area contributed by atoms with E-state index < -0.39 is 15.9 Å². The lowest BCUT2D eigenvalue weighted by Crippen LogP contribution is -2.36. The molecule has 0 saturated heterocycles. The number of rotatable bonds is 5. The van der Waals surface area contributed by atoms with Gasteiger partial charge in [0.2, 0.25) is 5.91 Å². The highest BCUT2D eigenvalue weighted by Crippen LogP contribution is 2.26. The van der Waals surface area contributed by atoms with Gasteiger partial charge >= 0.3 is 0 Å². The number of carbonyl (C=O) groups excluding carboxylic acids is 1. The van der Waals surface area contributed by atoms with Crippen molar-refractivity contribution in [1.82, 2.24) is 4.72 Å². The minimum absolute atomic E-state index is 0.253. The topological polar surface area (TPSA) is 63.2 Å². The molecule has 5 heteroatoms. The molecule has 0 aliphatic heterocycles. The lowest BCUT2D eigenvalue weighted by atomic mass is 9.98. The number of hydrogen-bond acceptors (Lipinski definition) is 3. The second-order valence-electron chi connectivity index (χ2n) is 5.29. The van der Waals surface area contributed by atoms with Crippen LogP contribution in [-0.4, -0.2) is 14.3 Å². The van der Waals surface area contributed by atoms with E-state index >= 15 is 0 Å². The third-order valence-electron chi connectivity index (χ3n) is 3.95. The minimum atomic E-state index is -3.73. The van der Waals surface area contributed by atoms with Gasteiger partial charge in [0, 0.05) is 5.92 Å². The molecule has 4 nitrogen and oxygen atoms in total. The second kappa shape index (κ2) is 6.43. The first-order valence-corrected chi connectivity index (χ1v) is 8.81. The molecule has 1 aromatic rings. The highest BCUT2D eigenvalue weighted by Gasteiger charge is 2.26. The molecule has 1 N–H and O–H groups in total. The Hall–Kier alpha value is -1.62. The van der Waals surface area contributed by atoms with Gasteiger partial charge in [-0.2, -0.15) is 0 Å². The molecule has 0 aromatic heterocycles. The Morgan fingerprint density at radius 1 is 1.19 bits per heavy atom. The maximum absolute atomic E-state index is 12.3. The van der Waals surface area contributed by atoms with Crippen molar-refractivity contribution in [1.29, 1.82) is 0 Å². The fourth-order valence-corrected chi connectivity index (χ4v) is 3.77. The van der Waals surface area contributed by atoms with Crippen LogP contribution >= 0.6 is 0 Å². The first-order valence-electron chi connectivity index (χ1n) is 7.33. The fraction of sp³-hybridized carbons (Fsp3) is 0.438. The zero-order valence-electron chi connectivity index (χ0n) is 12.4. The number of fused-ring (bicyclic) bond motifs is 1. The van der Waals surface area contributed by atoms with Gasteiger partial charge in [0.05, 0.1) is 4.91 Å². The summed E-state index contributed by atoms with van der Waals surface area (Å²) in [6.45, 7) is 3.77. The van der Waals surface area contributed by atoms with E-state index in [1.165, 1.54) is 0 Å². The average Bonchev–Trinajstić information content (AvgIpc) is 2.47. The van der Waals surface area contributed by atoms with Crippen molar-refractivity contribution in [3.05, 3.63) is 40.3 Å². The third kappa shape index (κ3) is 3.53. The Labute approximate surface area is 126 Å². The quantitative estimate of drug-likeness (QED) is 0.910. The maximum Gasteiger partial charge on any atom is 0.260 e. The van der Waals surface area contributed by atoms with Crippen LogP contribution in [0.15, 0.2) is 29.2 Å². The van der Waals surface area contributed by atoms with Crippen LogP contribution in [0.5, 0.6) is 0 Å². The number of amides is 1. The Bertz CT molecular complexity index is 658. The molecule has 1 aromatic carbocycles. The predicted molar refractivity (Wildman–Crippen MR) is 83.9 cm³/mol. The summed E-state index contributed by atoms with van der Waals surface area (Å²) in [5, 5.41) is 0. The molecule has 0 saturated carbocycles. The molecule has 0 atom stereocenters. The van der Waals surface area contributed by atoms with E-state index in [-0.39, 0.29) is 5.92 Å². The molecule has 114 valence electrons. The van der Waals surface area contributed by atoms with E-state index in [1.807, 2.05) is 38.1 Å². The molecule has 21 heavy (non-hydrogen) atoms. The number of carbonyl (C=O) groups is 1. The van der Waals surface area contributed by atoms with Crippen LogP contribution in [0, 0.1) is 5.92 Å². The number of hydrogen-bond donors (Lipinski definition) is 1. The Balaban J connectivity index is 2.22. The molecule has 0 heterocycles.